The quantitative estimate of drug-likeness (QED) is 0.744. The van der Waals surface area contributed by atoms with Gasteiger partial charge in [-0.15, -0.1) is 12.4 Å². The molecule has 1 fully saturated rings. The fraction of sp³-hybridized carbons (Fsp3) is 0.533. The Morgan fingerprint density at radius 1 is 1.35 bits per heavy atom. The lowest BCUT2D eigenvalue weighted by atomic mass is 10.00. The summed E-state index contributed by atoms with van der Waals surface area (Å²) in [6, 6.07) is 4.93. The molecule has 1 aliphatic carbocycles. The van der Waals surface area contributed by atoms with Gasteiger partial charge >= 0.3 is 0 Å². The Morgan fingerprint density at radius 2 is 2.04 bits per heavy atom. The number of nitrogens with two attached hydrogens (primary N) is 1. The van der Waals surface area contributed by atoms with Gasteiger partial charge in [-0.05, 0) is 50.4 Å². The molecule has 2 rings (SSSR count). The minimum atomic E-state index is -3.54. The Balaban J connectivity index is 0.00000264. The van der Waals surface area contributed by atoms with E-state index < -0.39 is 10.0 Å². The first-order valence-corrected chi connectivity index (χ1v) is 8.92. The summed E-state index contributed by atoms with van der Waals surface area (Å²) in [5.41, 5.74) is 7.03. The molecule has 6 nitrogen and oxygen atoms in total. The molecule has 0 saturated heterocycles. The number of halogens is 1. The van der Waals surface area contributed by atoms with E-state index in [0.717, 1.165) is 19.3 Å². The van der Waals surface area contributed by atoms with E-state index in [0.29, 0.717) is 17.7 Å². The van der Waals surface area contributed by atoms with Crippen molar-refractivity contribution < 1.29 is 13.2 Å². The lowest BCUT2D eigenvalue weighted by Crippen LogP contribution is -2.28. The number of hydrogen-bond donors (Lipinski definition) is 3. The summed E-state index contributed by atoms with van der Waals surface area (Å²) >= 11 is 0. The van der Waals surface area contributed by atoms with Gasteiger partial charge < -0.3 is 11.1 Å². The first-order chi connectivity index (χ1) is 10.3. The van der Waals surface area contributed by atoms with Crippen LogP contribution in [0.25, 0.3) is 0 Å². The highest BCUT2D eigenvalue weighted by Crippen LogP contribution is 2.28. The molecule has 1 aromatic rings. The molecule has 0 spiro atoms. The first-order valence-electron chi connectivity index (χ1n) is 7.43. The van der Waals surface area contributed by atoms with Gasteiger partial charge in [0.05, 0.1) is 4.90 Å². The molecule has 1 amide bonds. The fourth-order valence-corrected chi connectivity index (χ4v) is 3.90. The molecule has 1 aromatic carbocycles. The van der Waals surface area contributed by atoms with Crippen molar-refractivity contribution in [2.24, 2.45) is 11.7 Å². The van der Waals surface area contributed by atoms with E-state index in [1.807, 2.05) is 0 Å². The standard InChI is InChI=1S/C15H23N3O3S.ClH/c1-10-13(7-4-8-14(10)22(20,21)17-2)18-15(19)9-11-5-3-6-12(11)16;/h4,7-8,11-12,17H,3,5-6,9,16H2,1-2H3,(H,18,19);1H/t11-,12+;/m0./s1. The number of rotatable bonds is 5. The molecule has 0 heterocycles. The van der Waals surface area contributed by atoms with Crippen molar-refractivity contribution in [3.8, 4) is 0 Å². The van der Waals surface area contributed by atoms with Crippen LogP contribution in [0.5, 0.6) is 0 Å². The number of benzene rings is 1. The van der Waals surface area contributed by atoms with Crippen LogP contribution in [-0.4, -0.2) is 27.4 Å². The highest BCUT2D eigenvalue weighted by atomic mass is 35.5. The molecule has 0 radical (unpaired) electrons. The second-order valence-corrected chi connectivity index (χ2v) is 7.60. The minimum Gasteiger partial charge on any atom is -0.327 e. The number of hydrogen-bond acceptors (Lipinski definition) is 4. The second-order valence-electron chi connectivity index (χ2n) is 5.74. The van der Waals surface area contributed by atoms with Crippen molar-refractivity contribution in [3.05, 3.63) is 23.8 Å². The van der Waals surface area contributed by atoms with E-state index in [1.54, 1.807) is 19.1 Å². The third kappa shape index (κ3) is 4.67. The van der Waals surface area contributed by atoms with Crippen LogP contribution >= 0.6 is 12.4 Å². The summed E-state index contributed by atoms with van der Waals surface area (Å²) in [4.78, 5) is 12.3. The smallest absolute Gasteiger partial charge is 0.240 e. The zero-order valence-electron chi connectivity index (χ0n) is 13.3. The molecule has 4 N–H and O–H groups in total. The maximum Gasteiger partial charge on any atom is 0.240 e. The second kappa shape index (κ2) is 8.10. The number of amides is 1. The SMILES string of the molecule is CNS(=O)(=O)c1cccc(NC(=O)C[C@@H]2CCC[C@H]2N)c1C.Cl. The van der Waals surface area contributed by atoms with E-state index in [4.69, 9.17) is 5.73 Å². The fourth-order valence-electron chi connectivity index (χ4n) is 2.91. The zero-order chi connectivity index (χ0) is 16.3. The Bertz CT molecular complexity index is 664. The average molecular weight is 362 g/mol. The van der Waals surface area contributed by atoms with Crippen LogP contribution in [0.2, 0.25) is 0 Å². The highest BCUT2D eigenvalue weighted by molar-refractivity contribution is 7.89. The van der Waals surface area contributed by atoms with Gasteiger partial charge in [0.1, 0.15) is 0 Å². The Morgan fingerprint density at radius 3 is 2.61 bits per heavy atom. The summed E-state index contributed by atoms with van der Waals surface area (Å²) in [5, 5.41) is 2.81. The number of anilines is 1. The molecule has 8 heteroatoms. The van der Waals surface area contributed by atoms with Crippen molar-refractivity contribution in [1.82, 2.24) is 4.72 Å². The van der Waals surface area contributed by atoms with Crippen molar-refractivity contribution in [2.45, 2.75) is 43.5 Å². The third-order valence-electron chi connectivity index (χ3n) is 4.28. The van der Waals surface area contributed by atoms with Gasteiger partial charge in [-0.25, -0.2) is 13.1 Å². The number of carbonyl (C=O) groups excluding carboxylic acids is 1. The maximum absolute atomic E-state index is 12.2. The molecule has 130 valence electrons. The molecule has 2 atom stereocenters. The number of sulfonamides is 1. The van der Waals surface area contributed by atoms with Crippen LogP contribution in [0, 0.1) is 12.8 Å². The van der Waals surface area contributed by atoms with Crippen LogP contribution in [0.4, 0.5) is 5.69 Å². The van der Waals surface area contributed by atoms with Crippen LogP contribution in [-0.2, 0) is 14.8 Å². The van der Waals surface area contributed by atoms with Crippen LogP contribution < -0.4 is 15.8 Å². The zero-order valence-corrected chi connectivity index (χ0v) is 15.0. The third-order valence-corrected chi connectivity index (χ3v) is 5.84. The average Bonchev–Trinajstić information content (AvgIpc) is 2.86. The van der Waals surface area contributed by atoms with Gasteiger partial charge in [0.25, 0.3) is 0 Å². The molecule has 0 aromatic heterocycles. The van der Waals surface area contributed by atoms with Gasteiger partial charge in [0.15, 0.2) is 0 Å². The topological polar surface area (TPSA) is 101 Å². The summed E-state index contributed by atoms with van der Waals surface area (Å²) in [5.74, 6) is 0.0917. The van der Waals surface area contributed by atoms with E-state index in [-0.39, 0.29) is 35.2 Å². The molecule has 0 bridgehead atoms. The Kier molecular flexibility index (Phi) is 7.01. The van der Waals surface area contributed by atoms with E-state index in [9.17, 15) is 13.2 Å². The van der Waals surface area contributed by atoms with Crippen LogP contribution in [0.1, 0.15) is 31.2 Å². The van der Waals surface area contributed by atoms with Gasteiger partial charge in [-0.3, -0.25) is 4.79 Å². The van der Waals surface area contributed by atoms with Crippen molar-refractivity contribution in [2.75, 3.05) is 12.4 Å². The van der Waals surface area contributed by atoms with Gasteiger partial charge in [-0.1, -0.05) is 12.5 Å². The number of carbonyl (C=O) groups is 1. The Hall–Kier alpha value is -1.15. The van der Waals surface area contributed by atoms with Crippen molar-refractivity contribution >= 4 is 34.0 Å². The summed E-state index contributed by atoms with van der Waals surface area (Å²) in [7, 11) is -2.18. The van der Waals surface area contributed by atoms with Crippen LogP contribution in [0.3, 0.4) is 0 Å². The minimum absolute atomic E-state index is 0. The predicted octanol–water partition coefficient (Wildman–Crippen LogP) is 1.78. The van der Waals surface area contributed by atoms with E-state index in [2.05, 4.69) is 10.0 Å². The Labute approximate surface area is 143 Å². The van der Waals surface area contributed by atoms with E-state index >= 15 is 0 Å². The van der Waals surface area contributed by atoms with Crippen molar-refractivity contribution in [3.63, 3.8) is 0 Å². The predicted molar refractivity (Wildman–Crippen MR) is 93.2 cm³/mol. The van der Waals surface area contributed by atoms with Crippen molar-refractivity contribution in [1.29, 1.82) is 0 Å². The van der Waals surface area contributed by atoms with E-state index in [1.165, 1.54) is 13.1 Å². The monoisotopic (exact) mass is 361 g/mol. The van der Waals surface area contributed by atoms with Gasteiger partial charge in [0.2, 0.25) is 15.9 Å². The van der Waals surface area contributed by atoms with Crippen LogP contribution in [0.15, 0.2) is 23.1 Å². The maximum atomic E-state index is 12.2. The largest absolute Gasteiger partial charge is 0.327 e. The normalized spacial score (nSPS) is 20.8. The first kappa shape index (κ1) is 19.9. The summed E-state index contributed by atoms with van der Waals surface area (Å²) < 4.78 is 26.2. The van der Waals surface area contributed by atoms with Gasteiger partial charge in [-0.2, -0.15) is 0 Å². The highest BCUT2D eigenvalue weighted by Gasteiger charge is 2.26. The number of nitrogens with one attached hydrogen (secondary N) is 2. The molecule has 23 heavy (non-hydrogen) atoms. The molecular formula is C15H24ClN3O3S. The molecule has 0 aliphatic heterocycles. The summed E-state index contributed by atoms with van der Waals surface area (Å²) in [6.07, 6.45) is 3.38. The lowest BCUT2D eigenvalue weighted by Gasteiger charge is -2.16. The molecular weight excluding hydrogens is 338 g/mol. The molecule has 1 aliphatic rings. The lowest BCUT2D eigenvalue weighted by molar-refractivity contribution is -0.117. The molecule has 1 saturated carbocycles. The van der Waals surface area contributed by atoms with Gasteiger partial charge in [0, 0.05) is 18.2 Å². The summed E-state index contributed by atoms with van der Waals surface area (Å²) in [6.45, 7) is 1.68. The molecule has 0 unspecified atom stereocenters.